The third-order valence-corrected chi connectivity index (χ3v) is 12.3. The quantitative estimate of drug-likeness (QED) is 0.632. The Morgan fingerprint density at radius 3 is 2.44 bits per heavy atom. The molecule has 0 spiro atoms. The first-order chi connectivity index (χ1) is 16.3. The zero-order chi connectivity index (χ0) is 23.7. The molecule has 0 aromatic rings. The average molecular weight is 476 g/mol. The van der Waals surface area contributed by atoms with Gasteiger partial charge in [0.05, 0.1) is 32.0 Å². The SMILES string of the molecule is CC[C@H]1CN([C@H]2C[C@@]3(C)[C@@H](CC[C@@H]4[C@@H]3CC[C@]3(C)[C@@H](C5(C)OCCO5)CC[C@@H]43)C[C@@H]2O)CCO1. The highest BCUT2D eigenvalue weighted by Gasteiger charge is 2.64. The molecule has 5 heteroatoms. The van der Waals surface area contributed by atoms with Crippen molar-refractivity contribution in [3.8, 4) is 0 Å². The van der Waals surface area contributed by atoms with Crippen LogP contribution in [0, 0.1) is 40.4 Å². The lowest BCUT2D eigenvalue weighted by atomic mass is 9.44. The molecule has 34 heavy (non-hydrogen) atoms. The molecule has 0 unspecified atom stereocenters. The second kappa shape index (κ2) is 8.68. The Morgan fingerprint density at radius 1 is 0.912 bits per heavy atom. The van der Waals surface area contributed by atoms with E-state index < -0.39 is 0 Å². The van der Waals surface area contributed by atoms with Crippen LogP contribution in [0.4, 0.5) is 0 Å². The standard InChI is InChI=1S/C29H49NO4/c1-5-20-18-30(12-13-32-20)24-17-28(3)19(16-25(24)31)6-7-21-22-8-9-26(29(4)33-14-15-34-29)27(22,2)11-10-23(21)28/h19-26,31H,5-18H2,1-4H3/t19-,20-,21-,22-,23-,24-,25-,26-,27-,28-/m0/s1. The van der Waals surface area contributed by atoms with Crippen LogP contribution in [0.15, 0.2) is 0 Å². The summed E-state index contributed by atoms with van der Waals surface area (Å²) in [7, 11) is 0. The lowest BCUT2D eigenvalue weighted by Crippen LogP contribution is -2.61. The fraction of sp³-hybridized carbons (Fsp3) is 1.00. The molecule has 2 saturated heterocycles. The maximum atomic E-state index is 11.3. The van der Waals surface area contributed by atoms with E-state index in [1.165, 1.54) is 44.9 Å². The summed E-state index contributed by atoms with van der Waals surface area (Å²) in [6, 6.07) is 0.307. The zero-order valence-electron chi connectivity index (χ0n) is 22.1. The number of fused-ring (bicyclic) bond motifs is 5. The van der Waals surface area contributed by atoms with E-state index in [4.69, 9.17) is 14.2 Å². The predicted octanol–water partition coefficient (Wildman–Crippen LogP) is 4.86. The largest absolute Gasteiger partial charge is 0.391 e. The minimum absolute atomic E-state index is 0.174. The maximum absolute atomic E-state index is 11.3. The van der Waals surface area contributed by atoms with Gasteiger partial charge in [0.2, 0.25) is 0 Å². The fourth-order valence-electron chi connectivity index (χ4n) is 10.5. The van der Waals surface area contributed by atoms with Crippen molar-refractivity contribution >= 4 is 0 Å². The van der Waals surface area contributed by atoms with Gasteiger partial charge in [-0.2, -0.15) is 0 Å². The molecule has 6 aliphatic rings. The van der Waals surface area contributed by atoms with Crippen LogP contribution in [-0.2, 0) is 14.2 Å². The topological polar surface area (TPSA) is 51.2 Å². The van der Waals surface area contributed by atoms with E-state index in [1.807, 2.05) is 0 Å². The highest BCUT2D eigenvalue weighted by Crippen LogP contribution is 2.69. The molecular formula is C29H49NO4. The van der Waals surface area contributed by atoms with Crippen molar-refractivity contribution < 1.29 is 19.3 Å². The van der Waals surface area contributed by atoms with E-state index in [9.17, 15) is 5.11 Å². The number of rotatable bonds is 3. The Kier molecular flexibility index (Phi) is 6.17. The molecule has 6 rings (SSSR count). The smallest absolute Gasteiger partial charge is 0.169 e. The third kappa shape index (κ3) is 3.58. The number of ether oxygens (including phenoxy) is 3. The van der Waals surface area contributed by atoms with E-state index in [0.29, 0.717) is 34.8 Å². The molecule has 0 amide bonds. The van der Waals surface area contributed by atoms with Gasteiger partial charge >= 0.3 is 0 Å². The van der Waals surface area contributed by atoms with Crippen molar-refractivity contribution in [3.63, 3.8) is 0 Å². The van der Waals surface area contributed by atoms with Crippen molar-refractivity contribution in [1.82, 2.24) is 4.90 Å². The molecule has 4 saturated carbocycles. The summed E-state index contributed by atoms with van der Waals surface area (Å²) in [6.07, 6.45) is 11.3. The second-order valence-electron chi connectivity index (χ2n) is 13.5. The van der Waals surface area contributed by atoms with Crippen LogP contribution in [0.3, 0.4) is 0 Å². The van der Waals surface area contributed by atoms with Crippen LogP contribution in [0.5, 0.6) is 0 Å². The van der Waals surface area contributed by atoms with E-state index >= 15 is 0 Å². The van der Waals surface area contributed by atoms with Gasteiger partial charge in [0, 0.05) is 25.0 Å². The van der Waals surface area contributed by atoms with Gasteiger partial charge in [-0.15, -0.1) is 0 Å². The van der Waals surface area contributed by atoms with Crippen molar-refractivity contribution in [2.75, 3.05) is 32.9 Å². The number of hydrogen-bond acceptors (Lipinski definition) is 5. The van der Waals surface area contributed by atoms with Gasteiger partial charge in [0.25, 0.3) is 0 Å². The molecule has 0 bridgehead atoms. The van der Waals surface area contributed by atoms with Gasteiger partial charge in [-0.1, -0.05) is 20.8 Å². The molecule has 10 atom stereocenters. The van der Waals surface area contributed by atoms with Gasteiger partial charge < -0.3 is 19.3 Å². The molecular weight excluding hydrogens is 426 g/mol. The number of hydrogen-bond donors (Lipinski definition) is 1. The van der Waals surface area contributed by atoms with Crippen LogP contribution in [0.1, 0.15) is 85.5 Å². The summed E-state index contributed by atoms with van der Waals surface area (Å²) in [5, 5.41) is 11.3. The number of nitrogens with zero attached hydrogens (tertiary/aromatic N) is 1. The highest BCUT2D eigenvalue weighted by atomic mass is 16.7. The van der Waals surface area contributed by atoms with Gasteiger partial charge in [-0.05, 0) is 99.2 Å². The normalized spacial score (nSPS) is 53.2. The minimum atomic E-state index is -0.371. The Hall–Kier alpha value is -0.200. The van der Waals surface area contributed by atoms with Crippen LogP contribution in [0.25, 0.3) is 0 Å². The Balaban J connectivity index is 1.23. The summed E-state index contributed by atoms with van der Waals surface area (Å²) < 4.78 is 18.4. The first-order valence-corrected chi connectivity index (χ1v) is 14.6. The molecule has 6 fully saturated rings. The monoisotopic (exact) mass is 475 g/mol. The zero-order valence-corrected chi connectivity index (χ0v) is 22.1. The van der Waals surface area contributed by atoms with Crippen LogP contribution < -0.4 is 0 Å². The van der Waals surface area contributed by atoms with Crippen LogP contribution >= 0.6 is 0 Å². The summed E-state index contributed by atoms with van der Waals surface area (Å²) in [6.45, 7) is 14.0. The van der Waals surface area contributed by atoms with E-state index in [0.717, 1.165) is 63.5 Å². The molecule has 0 aromatic carbocycles. The minimum Gasteiger partial charge on any atom is -0.391 e. The predicted molar refractivity (Wildman–Crippen MR) is 132 cm³/mol. The van der Waals surface area contributed by atoms with Gasteiger partial charge in [-0.25, -0.2) is 0 Å². The third-order valence-electron chi connectivity index (χ3n) is 12.3. The van der Waals surface area contributed by atoms with Crippen LogP contribution in [0.2, 0.25) is 0 Å². The average Bonchev–Trinajstić information content (AvgIpc) is 3.43. The lowest BCUT2D eigenvalue weighted by molar-refractivity contribution is -0.220. The highest BCUT2D eigenvalue weighted by molar-refractivity contribution is 5.12. The van der Waals surface area contributed by atoms with Gasteiger partial charge in [0.15, 0.2) is 5.79 Å². The van der Waals surface area contributed by atoms with Crippen LogP contribution in [-0.4, -0.2) is 67.0 Å². The summed E-state index contributed by atoms with van der Waals surface area (Å²) in [4.78, 5) is 2.60. The lowest BCUT2D eigenvalue weighted by Gasteiger charge is -2.63. The Labute approximate surface area is 207 Å². The summed E-state index contributed by atoms with van der Waals surface area (Å²) >= 11 is 0. The van der Waals surface area contributed by atoms with Crippen molar-refractivity contribution in [3.05, 3.63) is 0 Å². The Bertz CT molecular complexity index is 754. The second-order valence-corrected chi connectivity index (χ2v) is 13.5. The summed E-state index contributed by atoms with van der Waals surface area (Å²) in [5.74, 6) is 3.28. The number of aliphatic hydroxyl groups is 1. The molecule has 194 valence electrons. The molecule has 2 heterocycles. The van der Waals surface area contributed by atoms with Gasteiger partial charge in [0.1, 0.15) is 0 Å². The first kappa shape index (κ1) is 24.2. The maximum Gasteiger partial charge on any atom is 0.169 e. The number of aliphatic hydroxyl groups excluding tert-OH is 1. The van der Waals surface area contributed by atoms with Crippen molar-refractivity contribution in [1.29, 1.82) is 0 Å². The molecule has 2 aliphatic heterocycles. The molecule has 1 N–H and O–H groups in total. The molecule has 4 aliphatic carbocycles. The Morgan fingerprint density at radius 2 is 1.68 bits per heavy atom. The molecule has 5 nitrogen and oxygen atoms in total. The first-order valence-electron chi connectivity index (χ1n) is 14.6. The van der Waals surface area contributed by atoms with Crippen molar-refractivity contribution in [2.24, 2.45) is 40.4 Å². The van der Waals surface area contributed by atoms with E-state index in [-0.39, 0.29) is 11.9 Å². The fourth-order valence-corrected chi connectivity index (χ4v) is 10.5. The van der Waals surface area contributed by atoms with Crippen molar-refractivity contribution in [2.45, 2.75) is 110 Å². The molecule has 0 aromatic heterocycles. The summed E-state index contributed by atoms with van der Waals surface area (Å²) in [5.41, 5.74) is 0.700. The van der Waals surface area contributed by atoms with E-state index in [2.05, 4.69) is 32.6 Å². The van der Waals surface area contributed by atoms with E-state index in [1.54, 1.807) is 0 Å². The van der Waals surface area contributed by atoms with Gasteiger partial charge in [-0.3, -0.25) is 4.90 Å². The number of morpholine rings is 1. The molecule has 0 radical (unpaired) electrons.